The molecular formula is C15H24N2. The zero-order chi connectivity index (χ0) is 12.3. The minimum Gasteiger partial charge on any atom is -0.371 e. The lowest BCUT2D eigenvalue weighted by atomic mass is 9.85. The van der Waals surface area contributed by atoms with Gasteiger partial charge in [0.1, 0.15) is 0 Å². The number of hydrogen-bond acceptors (Lipinski definition) is 2. The van der Waals surface area contributed by atoms with E-state index in [4.69, 9.17) is 5.73 Å². The van der Waals surface area contributed by atoms with Crippen LogP contribution in [0.4, 0.5) is 5.69 Å². The Kier molecular flexibility index (Phi) is 3.72. The third-order valence-electron chi connectivity index (χ3n) is 3.89. The van der Waals surface area contributed by atoms with Crippen molar-refractivity contribution in [2.75, 3.05) is 18.0 Å². The van der Waals surface area contributed by atoms with Crippen LogP contribution in [0.3, 0.4) is 0 Å². The topological polar surface area (TPSA) is 29.3 Å². The summed E-state index contributed by atoms with van der Waals surface area (Å²) >= 11 is 0. The Balaban J connectivity index is 2.17. The summed E-state index contributed by atoms with van der Waals surface area (Å²) in [5, 5.41) is 0. The Morgan fingerprint density at radius 1 is 1.18 bits per heavy atom. The van der Waals surface area contributed by atoms with E-state index in [0.717, 1.165) is 6.54 Å². The fourth-order valence-electron chi connectivity index (χ4n) is 2.66. The van der Waals surface area contributed by atoms with Crippen LogP contribution < -0.4 is 10.6 Å². The van der Waals surface area contributed by atoms with Gasteiger partial charge in [-0.3, -0.25) is 0 Å². The van der Waals surface area contributed by atoms with E-state index in [-0.39, 0.29) is 0 Å². The number of nitrogens with zero attached hydrogens (tertiary/aromatic N) is 1. The van der Waals surface area contributed by atoms with Crippen LogP contribution in [0.5, 0.6) is 0 Å². The Morgan fingerprint density at radius 3 is 2.71 bits per heavy atom. The molecule has 0 spiro atoms. The van der Waals surface area contributed by atoms with Crippen molar-refractivity contribution >= 4 is 5.69 Å². The van der Waals surface area contributed by atoms with Crippen LogP contribution in [-0.2, 0) is 6.54 Å². The van der Waals surface area contributed by atoms with Crippen LogP contribution in [0.1, 0.15) is 38.7 Å². The summed E-state index contributed by atoms with van der Waals surface area (Å²) in [6.45, 7) is 7.72. The van der Waals surface area contributed by atoms with E-state index in [1.807, 2.05) is 0 Å². The second kappa shape index (κ2) is 5.09. The molecule has 0 amide bonds. The number of para-hydroxylation sites is 1. The summed E-state index contributed by atoms with van der Waals surface area (Å²) < 4.78 is 0. The van der Waals surface area contributed by atoms with Gasteiger partial charge in [-0.15, -0.1) is 0 Å². The van der Waals surface area contributed by atoms with E-state index in [0.29, 0.717) is 12.0 Å². The highest BCUT2D eigenvalue weighted by Crippen LogP contribution is 2.32. The molecule has 1 heterocycles. The van der Waals surface area contributed by atoms with Crippen LogP contribution in [0.2, 0.25) is 0 Å². The highest BCUT2D eigenvalue weighted by Gasteiger charge is 2.23. The maximum Gasteiger partial charge on any atom is 0.0411 e. The molecule has 0 atom stereocenters. The molecular weight excluding hydrogens is 208 g/mol. The first-order chi connectivity index (χ1) is 8.12. The predicted octanol–water partition coefficient (Wildman–Crippen LogP) is 3.16. The minimum atomic E-state index is 0.492. The van der Waals surface area contributed by atoms with Gasteiger partial charge < -0.3 is 10.6 Å². The molecule has 1 saturated heterocycles. The molecule has 0 unspecified atom stereocenters. The van der Waals surface area contributed by atoms with Gasteiger partial charge in [-0.1, -0.05) is 32.0 Å². The van der Waals surface area contributed by atoms with Crippen LogP contribution >= 0.6 is 0 Å². The van der Waals surface area contributed by atoms with Crippen LogP contribution in [0.15, 0.2) is 24.3 Å². The normalized spacial score (nSPS) is 20.1. The summed E-state index contributed by atoms with van der Waals surface area (Å²) in [4.78, 5) is 2.51. The van der Waals surface area contributed by atoms with Crippen molar-refractivity contribution in [3.05, 3.63) is 29.8 Å². The molecule has 1 aromatic carbocycles. The molecule has 0 aromatic heterocycles. The molecule has 1 aromatic rings. The third kappa shape index (κ3) is 3.01. The van der Waals surface area contributed by atoms with Crippen molar-refractivity contribution < 1.29 is 0 Å². The molecule has 0 bridgehead atoms. The van der Waals surface area contributed by atoms with Crippen molar-refractivity contribution in [2.45, 2.75) is 39.7 Å². The fraction of sp³-hybridized carbons (Fsp3) is 0.600. The van der Waals surface area contributed by atoms with Gasteiger partial charge in [-0.05, 0) is 36.3 Å². The summed E-state index contributed by atoms with van der Waals surface area (Å²) in [5.74, 6) is 0. The zero-order valence-corrected chi connectivity index (χ0v) is 11.1. The number of benzene rings is 1. The second-order valence-electron chi connectivity index (χ2n) is 5.84. The lowest BCUT2D eigenvalue weighted by Crippen LogP contribution is -2.26. The maximum atomic E-state index is 5.82. The Hall–Kier alpha value is -1.02. The number of hydrogen-bond donors (Lipinski definition) is 1. The molecule has 17 heavy (non-hydrogen) atoms. The molecule has 2 nitrogen and oxygen atoms in total. The van der Waals surface area contributed by atoms with Gasteiger partial charge in [-0.2, -0.15) is 0 Å². The lowest BCUT2D eigenvalue weighted by Gasteiger charge is -2.26. The Morgan fingerprint density at radius 2 is 1.94 bits per heavy atom. The smallest absolute Gasteiger partial charge is 0.0411 e. The van der Waals surface area contributed by atoms with E-state index >= 15 is 0 Å². The molecule has 1 aliphatic heterocycles. The van der Waals surface area contributed by atoms with Gasteiger partial charge in [0.15, 0.2) is 0 Å². The van der Waals surface area contributed by atoms with Crippen molar-refractivity contribution in [2.24, 2.45) is 11.1 Å². The van der Waals surface area contributed by atoms with Gasteiger partial charge in [0.25, 0.3) is 0 Å². The molecule has 2 heteroatoms. The number of rotatable bonds is 2. The van der Waals surface area contributed by atoms with Gasteiger partial charge >= 0.3 is 0 Å². The molecule has 1 aliphatic rings. The quantitative estimate of drug-likeness (QED) is 0.848. The van der Waals surface area contributed by atoms with Gasteiger partial charge in [0, 0.05) is 25.3 Å². The van der Waals surface area contributed by atoms with E-state index < -0.39 is 0 Å². The molecule has 2 N–H and O–H groups in total. The van der Waals surface area contributed by atoms with Crippen LogP contribution in [0.25, 0.3) is 0 Å². The van der Waals surface area contributed by atoms with E-state index in [9.17, 15) is 0 Å². The van der Waals surface area contributed by atoms with Crippen molar-refractivity contribution in [1.29, 1.82) is 0 Å². The van der Waals surface area contributed by atoms with Gasteiger partial charge in [-0.25, -0.2) is 0 Å². The summed E-state index contributed by atoms with van der Waals surface area (Å²) in [6.07, 6.45) is 3.88. The zero-order valence-electron chi connectivity index (χ0n) is 11.1. The average molecular weight is 232 g/mol. The molecule has 0 aliphatic carbocycles. The fourth-order valence-corrected chi connectivity index (χ4v) is 2.66. The standard InChI is InChI=1S/C15H24N2/c1-15(2)8-5-10-17(11-9-15)14-7-4-3-6-13(14)12-16/h3-4,6-7H,5,8-12,16H2,1-2H3. The highest BCUT2D eigenvalue weighted by molar-refractivity contribution is 5.53. The molecule has 1 fully saturated rings. The highest BCUT2D eigenvalue weighted by atomic mass is 15.1. The van der Waals surface area contributed by atoms with Crippen molar-refractivity contribution in [1.82, 2.24) is 0 Å². The van der Waals surface area contributed by atoms with Gasteiger partial charge in [0.05, 0.1) is 0 Å². The second-order valence-corrected chi connectivity index (χ2v) is 5.84. The summed E-state index contributed by atoms with van der Waals surface area (Å²) in [6, 6.07) is 8.55. The van der Waals surface area contributed by atoms with Crippen molar-refractivity contribution in [3.63, 3.8) is 0 Å². The predicted molar refractivity (Wildman–Crippen MR) is 74.2 cm³/mol. The first-order valence-corrected chi connectivity index (χ1v) is 6.65. The van der Waals surface area contributed by atoms with E-state index in [1.54, 1.807) is 0 Å². The Bertz CT molecular complexity index is 371. The summed E-state index contributed by atoms with van der Waals surface area (Å²) in [7, 11) is 0. The van der Waals surface area contributed by atoms with E-state index in [2.05, 4.69) is 43.0 Å². The van der Waals surface area contributed by atoms with Gasteiger partial charge in [0.2, 0.25) is 0 Å². The van der Waals surface area contributed by atoms with Crippen LogP contribution in [0, 0.1) is 5.41 Å². The molecule has 94 valence electrons. The Labute approximate surface area is 105 Å². The van der Waals surface area contributed by atoms with Crippen molar-refractivity contribution in [3.8, 4) is 0 Å². The average Bonchev–Trinajstić information content (AvgIpc) is 2.50. The summed E-state index contributed by atoms with van der Waals surface area (Å²) in [5.41, 5.74) is 8.93. The van der Waals surface area contributed by atoms with E-state index in [1.165, 1.54) is 37.1 Å². The molecule has 0 radical (unpaired) electrons. The SMILES string of the molecule is CC1(C)CCCN(c2ccccc2CN)CC1. The lowest BCUT2D eigenvalue weighted by molar-refractivity contribution is 0.325. The number of anilines is 1. The first-order valence-electron chi connectivity index (χ1n) is 6.65. The molecule has 0 saturated carbocycles. The third-order valence-corrected chi connectivity index (χ3v) is 3.89. The number of nitrogens with two attached hydrogens (primary N) is 1. The van der Waals surface area contributed by atoms with Crippen LogP contribution in [-0.4, -0.2) is 13.1 Å². The molecule has 2 rings (SSSR count). The largest absolute Gasteiger partial charge is 0.371 e. The monoisotopic (exact) mass is 232 g/mol. The minimum absolute atomic E-state index is 0.492. The first kappa shape index (κ1) is 12.4. The maximum absolute atomic E-state index is 5.82.